The topological polar surface area (TPSA) is 59.0 Å². The van der Waals surface area contributed by atoms with E-state index in [0.29, 0.717) is 10.7 Å². The average molecular weight is 365 g/mol. The number of benzene rings is 1. The highest BCUT2D eigenvalue weighted by molar-refractivity contribution is 6.34. The van der Waals surface area contributed by atoms with Crippen molar-refractivity contribution in [3.05, 3.63) is 65.5 Å². The number of pyridine rings is 1. The first kappa shape index (κ1) is 16.7. The van der Waals surface area contributed by atoms with Crippen LogP contribution in [0.4, 0.5) is 11.4 Å². The molecule has 0 saturated heterocycles. The van der Waals surface area contributed by atoms with Crippen LogP contribution in [-0.2, 0) is 10.2 Å². The number of carbonyl (C=O) groups excluding carboxylic acids is 1. The van der Waals surface area contributed by atoms with E-state index in [1.165, 1.54) is 0 Å². The Bertz CT molecular complexity index is 1010. The summed E-state index contributed by atoms with van der Waals surface area (Å²) >= 11 is 6.33. The predicted molar refractivity (Wildman–Crippen MR) is 102 cm³/mol. The maximum absolute atomic E-state index is 13.2. The maximum atomic E-state index is 13.2. The van der Waals surface area contributed by atoms with E-state index in [0.717, 1.165) is 28.2 Å². The lowest BCUT2D eigenvalue weighted by molar-refractivity contribution is -0.121. The Hall–Kier alpha value is -2.79. The van der Waals surface area contributed by atoms with Gasteiger partial charge in [-0.2, -0.15) is 0 Å². The molecule has 26 heavy (non-hydrogen) atoms. The van der Waals surface area contributed by atoms with Gasteiger partial charge in [0.1, 0.15) is 5.82 Å². The molecule has 2 aromatic heterocycles. The minimum absolute atomic E-state index is 0.0158. The van der Waals surface area contributed by atoms with Gasteiger partial charge >= 0.3 is 0 Å². The third kappa shape index (κ3) is 2.47. The second-order valence-corrected chi connectivity index (χ2v) is 7.25. The first-order valence-corrected chi connectivity index (χ1v) is 8.65. The van der Waals surface area contributed by atoms with E-state index in [4.69, 9.17) is 11.6 Å². The summed E-state index contributed by atoms with van der Waals surface area (Å²) in [6.45, 7) is 5.71. The molecule has 1 aliphatic rings. The van der Waals surface area contributed by atoms with E-state index in [9.17, 15) is 4.79 Å². The Labute approximate surface area is 156 Å². The summed E-state index contributed by atoms with van der Waals surface area (Å²) in [7, 11) is 0. The summed E-state index contributed by atoms with van der Waals surface area (Å²) in [5, 5.41) is 0.438. The van der Waals surface area contributed by atoms with Crippen molar-refractivity contribution in [2.75, 3.05) is 4.90 Å². The number of fused-ring (bicyclic) bond motifs is 1. The molecule has 0 atom stereocenters. The Morgan fingerprint density at radius 2 is 1.73 bits per heavy atom. The van der Waals surface area contributed by atoms with Crippen molar-refractivity contribution < 1.29 is 4.79 Å². The Balaban J connectivity index is 1.91. The fourth-order valence-corrected chi connectivity index (χ4v) is 3.46. The van der Waals surface area contributed by atoms with E-state index >= 15 is 0 Å². The van der Waals surface area contributed by atoms with Gasteiger partial charge in [0.2, 0.25) is 5.91 Å². The fraction of sp³-hybridized carbons (Fsp3) is 0.200. The molecule has 130 valence electrons. The van der Waals surface area contributed by atoms with E-state index in [1.807, 2.05) is 39.0 Å². The molecule has 3 aromatic rings. The van der Waals surface area contributed by atoms with E-state index in [-0.39, 0.29) is 5.91 Å². The fourth-order valence-electron chi connectivity index (χ4n) is 3.26. The number of amides is 1. The summed E-state index contributed by atoms with van der Waals surface area (Å²) in [6, 6.07) is 7.75. The van der Waals surface area contributed by atoms with Crippen LogP contribution in [0.5, 0.6) is 0 Å². The van der Waals surface area contributed by atoms with Crippen molar-refractivity contribution in [3.8, 4) is 11.1 Å². The molecule has 0 bridgehead atoms. The molecular weight excluding hydrogens is 348 g/mol. The van der Waals surface area contributed by atoms with Gasteiger partial charge in [-0.1, -0.05) is 23.7 Å². The molecule has 0 radical (unpaired) electrons. The second-order valence-electron chi connectivity index (χ2n) is 6.84. The number of hydrogen-bond acceptors (Lipinski definition) is 4. The molecule has 1 aromatic carbocycles. The Morgan fingerprint density at radius 1 is 1.00 bits per heavy atom. The van der Waals surface area contributed by atoms with Gasteiger partial charge in [-0.15, -0.1) is 0 Å². The Morgan fingerprint density at radius 3 is 2.42 bits per heavy atom. The van der Waals surface area contributed by atoms with Gasteiger partial charge in [-0.25, -0.2) is 9.97 Å². The largest absolute Gasteiger partial charge is 0.278 e. The molecule has 0 aliphatic carbocycles. The number of carbonyl (C=O) groups is 1. The van der Waals surface area contributed by atoms with Crippen LogP contribution in [0.1, 0.15) is 25.2 Å². The van der Waals surface area contributed by atoms with Crippen LogP contribution in [0.2, 0.25) is 5.02 Å². The van der Waals surface area contributed by atoms with Crippen molar-refractivity contribution in [1.29, 1.82) is 0 Å². The number of rotatable bonds is 2. The summed E-state index contributed by atoms with van der Waals surface area (Å²) in [4.78, 5) is 27.4. The number of nitrogens with zero attached hydrogens (tertiary/aromatic N) is 4. The summed E-state index contributed by atoms with van der Waals surface area (Å²) in [5.41, 5.74) is 3.64. The molecule has 6 heteroatoms. The van der Waals surface area contributed by atoms with Crippen molar-refractivity contribution in [3.63, 3.8) is 0 Å². The molecule has 5 nitrogen and oxygen atoms in total. The minimum Gasteiger partial charge on any atom is -0.278 e. The highest BCUT2D eigenvalue weighted by atomic mass is 35.5. The highest BCUT2D eigenvalue weighted by Gasteiger charge is 2.45. The van der Waals surface area contributed by atoms with Crippen LogP contribution in [-0.4, -0.2) is 20.9 Å². The van der Waals surface area contributed by atoms with Crippen LogP contribution in [0, 0.1) is 6.92 Å². The third-order valence-corrected chi connectivity index (χ3v) is 5.05. The lowest BCUT2D eigenvalue weighted by atomic mass is 9.85. The summed E-state index contributed by atoms with van der Waals surface area (Å²) in [5.74, 6) is 0.703. The van der Waals surface area contributed by atoms with Crippen LogP contribution in [0.3, 0.4) is 0 Å². The quantitative estimate of drug-likeness (QED) is 0.673. The molecule has 3 heterocycles. The van der Waals surface area contributed by atoms with Crippen molar-refractivity contribution in [2.24, 2.45) is 0 Å². The zero-order valence-corrected chi connectivity index (χ0v) is 15.4. The SMILES string of the molecule is Cc1ncc(-c2ccc3c(c2)N(c2ccncc2Cl)C(=O)C3(C)C)cn1. The number of halogens is 1. The van der Waals surface area contributed by atoms with E-state index in [1.54, 1.807) is 35.8 Å². The number of aryl methyl sites for hydroxylation is 1. The second kappa shape index (κ2) is 5.88. The van der Waals surface area contributed by atoms with Crippen molar-refractivity contribution in [1.82, 2.24) is 15.0 Å². The number of hydrogen-bond donors (Lipinski definition) is 0. The predicted octanol–water partition coefficient (Wildman–Crippen LogP) is 4.46. The molecule has 0 fully saturated rings. The van der Waals surface area contributed by atoms with E-state index in [2.05, 4.69) is 15.0 Å². The van der Waals surface area contributed by atoms with Gasteiger partial charge in [0.15, 0.2) is 0 Å². The Kier molecular flexibility index (Phi) is 3.77. The molecule has 1 aliphatic heterocycles. The number of aromatic nitrogens is 3. The molecular formula is C20H17ClN4O. The van der Waals surface area contributed by atoms with Crippen molar-refractivity contribution >= 4 is 28.9 Å². The normalized spacial score (nSPS) is 15.2. The van der Waals surface area contributed by atoms with Gasteiger partial charge in [-0.3, -0.25) is 14.7 Å². The molecule has 1 amide bonds. The molecule has 4 rings (SSSR count). The lowest BCUT2D eigenvalue weighted by Crippen LogP contribution is -2.33. The van der Waals surface area contributed by atoms with Crippen LogP contribution in [0.25, 0.3) is 11.1 Å². The number of anilines is 2. The van der Waals surface area contributed by atoms with Gasteiger partial charge < -0.3 is 0 Å². The monoisotopic (exact) mass is 364 g/mol. The summed E-state index contributed by atoms with van der Waals surface area (Å²) < 4.78 is 0. The molecule has 0 unspecified atom stereocenters. The minimum atomic E-state index is -0.635. The zero-order chi connectivity index (χ0) is 18.5. The molecule has 0 spiro atoms. The maximum Gasteiger partial charge on any atom is 0.241 e. The standard InChI is InChI=1S/C20H17ClN4O/c1-12-23-9-14(10-24-12)13-4-5-15-18(8-13)25(19(26)20(15,2)3)17-6-7-22-11-16(17)21/h4-11H,1-3H3. The average Bonchev–Trinajstić information content (AvgIpc) is 2.82. The van der Waals surface area contributed by atoms with Crippen molar-refractivity contribution in [2.45, 2.75) is 26.2 Å². The first-order chi connectivity index (χ1) is 12.4. The van der Waals surface area contributed by atoms with Gasteiger partial charge in [0.25, 0.3) is 0 Å². The highest BCUT2D eigenvalue weighted by Crippen LogP contribution is 2.47. The van der Waals surface area contributed by atoms with Gasteiger partial charge in [0.05, 0.1) is 21.8 Å². The van der Waals surface area contributed by atoms with Crippen LogP contribution >= 0.6 is 11.6 Å². The van der Waals surface area contributed by atoms with Crippen LogP contribution < -0.4 is 4.90 Å². The lowest BCUT2D eigenvalue weighted by Gasteiger charge is -2.21. The van der Waals surface area contributed by atoms with Crippen LogP contribution in [0.15, 0.2) is 49.1 Å². The molecule has 0 saturated carbocycles. The van der Waals surface area contributed by atoms with E-state index < -0.39 is 5.41 Å². The van der Waals surface area contributed by atoms with Gasteiger partial charge in [0, 0.05) is 30.4 Å². The smallest absolute Gasteiger partial charge is 0.241 e. The first-order valence-electron chi connectivity index (χ1n) is 8.27. The molecule has 0 N–H and O–H groups in total. The third-order valence-electron chi connectivity index (χ3n) is 4.76. The summed E-state index contributed by atoms with van der Waals surface area (Å²) in [6.07, 6.45) is 6.76. The van der Waals surface area contributed by atoms with Gasteiger partial charge in [-0.05, 0) is 44.0 Å². The zero-order valence-electron chi connectivity index (χ0n) is 14.7.